The Morgan fingerprint density at radius 3 is 1.75 bits per heavy atom. The Morgan fingerprint density at radius 1 is 0.775 bits per heavy atom. The minimum absolute atomic E-state index is 0.0690. The fourth-order valence-electron chi connectivity index (χ4n) is 4.32. The molecule has 0 saturated carbocycles. The van der Waals surface area contributed by atoms with Crippen molar-refractivity contribution in [2.45, 2.75) is 85.5 Å². The molecule has 2 aromatic carbocycles. The van der Waals surface area contributed by atoms with Crippen LogP contribution in [0.2, 0.25) is 26.2 Å². The molecule has 0 radical (unpaired) electrons. The Bertz CT molecular complexity index is 1140. The maximum atomic E-state index is 11.9. The molecule has 10 heteroatoms. The summed E-state index contributed by atoms with van der Waals surface area (Å²) in [5, 5.41) is 0. The van der Waals surface area contributed by atoms with Crippen molar-refractivity contribution in [1.82, 2.24) is 0 Å². The van der Waals surface area contributed by atoms with Gasteiger partial charge in [0.2, 0.25) is 0 Å². The van der Waals surface area contributed by atoms with Crippen LogP contribution in [-0.4, -0.2) is 55.6 Å². The van der Waals surface area contributed by atoms with E-state index in [0.29, 0.717) is 29.4 Å². The summed E-state index contributed by atoms with van der Waals surface area (Å²) in [7, 11) is -1.57. The van der Waals surface area contributed by atoms with Gasteiger partial charge < -0.3 is 31.9 Å². The van der Waals surface area contributed by atoms with Gasteiger partial charge in [-0.05, 0) is 95.4 Å². The van der Waals surface area contributed by atoms with Crippen LogP contribution in [0.3, 0.4) is 0 Å². The monoisotopic (exact) mass is 590 g/mol. The third kappa shape index (κ3) is 11.4. The molecule has 0 fully saturated rings. The van der Waals surface area contributed by atoms with Gasteiger partial charge in [-0.25, -0.2) is 0 Å². The van der Waals surface area contributed by atoms with E-state index in [1.54, 1.807) is 14.2 Å². The lowest BCUT2D eigenvalue weighted by Crippen LogP contribution is -2.40. The van der Waals surface area contributed by atoms with Crippen LogP contribution in [-0.2, 0) is 24.8 Å². The van der Waals surface area contributed by atoms with E-state index >= 15 is 0 Å². The molecule has 222 valence electrons. The SMILES string of the molecule is COc1cc(/C=C/[C@H](Cc2ccc(O[Si](C)(C)OC(C)C)c(OC)c2)OC(C)=O)ccc1O[Si](C)(C)OC(C)C. The van der Waals surface area contributed by atoms with E-state index in [9.17, 15) is 4.79 Å². The number of ether oxygens (including phenoxy) is 3. The van der Waals surface area contributed by atoms with Gasteiger partial charge in [0.25, 0.3) is 0 Å². The Hall–Kier alpha value is -2.80. The molecular weight excluding hydrogens is 544 g/mol. The fraction of sp³-hybridized carbons (Fsp3) is 0.500. The summed E-state index contributed by atoms with van der Waals surface area (Å²) in [5.41, 5.74) is 1.81. The predicted octanol–water partition coefficient (Wildman–Crippen LogP) is 6.90. The normalized spacial score (nSPS) is 13.0. The molecule has 0 N–H and O–H groups in total. The molecule has 0 aliphatic rings. The molecule has 0 amide bonds. The van der Waals surface area contributed by atoms with Gasteiger partial charge in [0.15, 0.2) is 11.5 Å². The lowest BCUT2D eigenvalue weighted by molar-refractivity contribution is -0.144. The third-order valence-electron chi connectivity index (χ3n) is 5.42. The smallest absolute Gasteiger partial charge is 0.392 e. The van der Waals surface area contributed by atoms with Crippen molar-refractivity contribution >= 4 is 29.2 Å². The number of methoxy groups -OCH3 is 2. The van der Waals surface area contributed by atoms with Crippen LogP contribution in [0.4, 0.5) is 0 Å². The summed E-state index contributed by atoms with van der Waals surface area (Å²) in [4.78, 5) is 11.9. The summed E-state index contributed by atoms with van der Waals surface area (Å²) >= 11 is 0. The van der Waals surface area contributed by atoms with Gasteiger partial charge in [-0.2, -0.15) is 0 Å². The average Bonchev–Trinajstić information content (AvgIpc) is 2.81. The molecule has 0 unspecified atom stereocenters. The number of carbonyl (C=O) groups excluding carboxylic acids is 1. The first-order valence-electron chi connectivity index (χ1n) is 13.6. The Morgan fingerprint density at radius 2 is 1.27 bits per heavy atom. The lowest BCUT2D eigenvalue weighted by Gasteiger charge is -2.27. The molecule has 0 aromatic heterocycles. The van der Waals surface area contributed by atoms with Crippen molar-refractivity contribution in [3.05, 3.63) is 53.6 Å². The first kappa shape index (κ1) is 33.4. The minimum Gasteiger partial charge on any atom is -0.517 e. The van der Waals surface area contributed by atoms with E-state index in [-0.39, 0.29) is 18.2 Å². The zero-order valence-corrected chi connectivity index (χ0v) is 27.8. The van der Waals surface area contributed by atoms with Gasteiger partial charge in [0.05, 0.1) is 14.2 Å². The lowest BCUT2D eigenvalue weighted by atomic mass is 10.1. The van der Waals surface area contributed by atoms with Crippen molar-refractivity contribution in [2.24, 2.45) is 0 Å². The second-order valence-electron chi connectivity index (χ2n) is 10.9. The number of hydrogen-bond acceptors (Lipinski definition) is 8. The standard InChI is InChI=1S/C30H46O8Si2/c1-21(2)35-39(8,9)37-27-16-13-24(19-29(27)32-6)12-15-26(34-23(5)31)18-25-14-17-28(30(20-25)33-7)38-40(10,11)36-22(3)4/h12-17,19-22,26H,18H2,1-11H3/b15-12+/t26-/m1/s1. The van der Waals surface area contributed by atoms with Crippen molar-refractivity contribution in [3.63, 3.8) is 0 Å². The topological polar surface area (TPSA) is 81.7 Å². The number of esters is 1. The Balaban J connectivity index is 2.23. The highest BCUT2D eigenvalue weighted by molar-refractivity contribution is 6.65. The zero-order chi connectivity index (χ0) is 30.1. The number of benzene rings is 2. The van der Waals surface area contributed by atoms with Crippen LogP contribution < -0.4 is 18.3 Å². The first-order valence-corrected chi connectivity index (χ1v) is 19.2. The molecule has 0 aliphatic heterocycles. The maximum absolute atomic E-state index is 11.9. The van der Waals surface area contributed by atoms with Crippen LogP contribution in [0.25, 0.3) is 6.08 Å². The van der Waals surface area contributed by atoms with E-state index in [0.717, 1.165) is 11.1 Å². The van der Waals surface area contributed by atoms with E-state index in [1.807, 2.05) is 102 Å². The summed E-state index contributed by atoms with van der Waals surface area (Å²) in [6, 6.07) is 11.4. The van der Waals surface area contributed by atoms with Gasteiger partial charge >= 0.3 is 23.1 Å². The fourth-order valence-corrected chi connectivity index (χ4v) is 8.08. The molecule has 0 heterocycles. The Labute approximate surface area is 242 Å². The molecule has 2 aromatic rings. The summed E-state index contributed by atoms with van der Waals surface area (Å²) in [6.07, 6.45) is 3.88. The molecule has 0 spiro atoms. The quantitative estimate of drug-likeness (QED) is 0.164. The van der Waals surface area contributed by atoms with Crippen molar-refractivity contribution in [1.29, 1.82) is 0 Å². The highest BCUT2D eigenvalue weighted by Gasteiger charge is 2.30. The van der Waals surface area contributed by atoms with Crippen LogP contribution in [0, 0.1) is 0 Å². The van der Waals surface area contributed by atoms with Gasteiger partial charge in [-0.1, -0.05) is 18.2 Å². The molecule has 2 rings (SSSR count). The van der Waals surface area contributed by atoms with Crippen molar-refractivity contribution < 1.29 is 36.7 Å². The molecule has 0 bridgehead atoms. The number of rotatable bonds is 15. The first-order chi connectivity index (χ1) is 18.6. The highest BCUT2D eigenvalue weighted by atomic mass is 28.4. The Kier molecular flexibility index (Phi) is 12.3. The van der Waals surface area contributed by atoms with Crippen LogP contribution in [0.5, 0.6) is 23.0 Å². The van der Waals surface area contributed by atoms with E-state index in [1.165, 1.54) is 6.92 Å². The second kappa shape index (κ2) is 14.7. The highest BCUT2D eigenvalue weighted by Crippen LogP contribution is 2.33. The van der Waals surface area contributed by atoms with Crippen LogP contribution >= 0.6 is 0 Å². The van der Waals surface area contributed by atoms with Crippen LogP contribution in [0.15, 0.2) is 42.5 Å². The van der Waals surface area contributed by atoms with E-state index in [2.05, 4.69) is 0 Å². The number of hydrogen-bond donors (Lipinski definition) is 0. The summed E-state index contributed by atoms with van der Waals surface area (Å²) < 4.78 is 41.2. The van der Waals surface area contributed by atoms with E-state index in [4.69, 9.17) is 31.9 Å². The predicted molar refractivity (Wildman–Crippen MR) is 163 cm³/mol. The number of carbonyl (C=O) groups is 1. The molecule has 0 aliphatic carbocycles. The zero-order valence-electron chi connectivity index (χ0n) is 25.8. The van der Waals surface area contributed by atoms with Crippen molar-refractivity contribution in [2.75, 3.05) is 14.2 Å². The largest absolute Gasteiger partial charge is 0.517 e. The minimum atomic E-state index is -2.39. The molecule has 1 atom stereocenters. The van der Waals surface area contributed by atoms with Gasteiger partial charge in [-0.3, -0.25) is 4.79 Å². The van der Waals surface area contributed by atoms with E-state index < -0.39 is 23.2 Å². The molecule has 8 nitrogen and oxygen atoms in total. The summed E-state index contributed by atoms with van der Waals surface area (Å²) in [6.45, 7) is 17.4. The second-order valence-corrected chi connectivity index (χ2v) is 17.4. The third-order valence-corrected chi connectivity index (χ3v) is 8.92. The molecular formula is C30H46O8Si2. The molecule has 0 saturated heterocycles. The van der Waals surface area contributed by atoms with Crippen LogP contribution in [0.1, 0.15) is 45.7 Å². The van der Waals surface area contributed by atoms with Crippen molar-refractivity contribution in [3.8, 4) is 23.0 Å². The van der Waals surface area contributed by atoms with Gasteiger partial charge in [-0.15, -0.1) is 0 Å². The average molecular weight is 591 g/mol. The molecule has 40 heavy (non-hydrogen) atoms. The maximum Gasteiger partial charge on any atom is 0.392 e. The summed E-state index contributed by atoms with van der Waals surface area (Å²) in [5.74, 6) is 2.10. The van der Waals surface area contributed by atoms with Gasteiger partial charge in [0, 0.05) is 25.6 Å². The van der Waals surface area contributed by atoms with Gasteiger partial charge in [0.1, 0.15) is 17.6 Å².